The van der Waals surface area contributed by atoms with E-state index in [1.54, 1.807) is 0 Å². The highest BCUT2D eigenvalue weighted by Crippen LogP contribution is 2.33. The first-order valence-electron chi connectivity index (χ1n) is 7.09. The minimum absolute atomic E-state index is 0.311. The number of rotatable bonds is 3. The zero-order chi connectivity index (χ0) is 14.8. The molecule has 1 heterocycles. The van der Waals surface area contributed by atoms with Crippen LogP contribution in [0.2, 0.25) is 0 Å². The van der Waals surface area contributed by atoms with Crippen molar-refractivity contribution in [1.29, 1.82) is 0 Å². The van der Waals surface area contributed by atoms with E-state index in [1.807, 2.05) is 18.2 Å². The van der Waals surface area contributed by atoms with E-state index in [9.17, 15) is 8.78 Å². The Morgan fingerprint density at radius 2 is 2.05 bits per heavy atom. The highest BCUT2D eigenvalue weighted by atomic mass is 19.1. The lowest BCUT2D eigenvalue weighted by molar-refractivity contribution is 0.283. The van der Waals surface area contributed by atoms with Crippen molar-refractivity contribution in [2.45, 2.75) is 25.3 Å². The maximum absolute atomic E-state index is 13.7. The second kappa shape index (κ2) is 5.82. The molecule has 2 nitrogen and oxygen atoms in total. The molecule has 2 aromatic rings. The Bertz CT molecular complexity index is 657. The summed E-state index contributed by atoms with van der Waals surface area (Å²) in [5.41, 5.74) is 8.66. The van der Waals surface area contributed by atoms with E-state index in [1.165, 1.54) is 12.1 Å². The summed E-state index contributed by atoms with van der Waals surface area (Å²) in [5.74, 6) is -0.305. The maximum Gasteiger partial charge on any atom is 0.129 e. The van der Waals surface area contributed by atoms with Crippen LogP contribution < -0.4 is 10.5 Å². The van der Waals surface area contributed by atoms with Gasteiger partial charge in [0.25, 0.3) is 0 Å². The number of benzene rings is 2. The summed E-state index contributed by atoms with van der Waals surface area (Å²) in [6.45, 7) is 0.682. The van der Waals surface area contributed by atoms with Gasteiger partial charge in [-0.25, -0.2) is 8.78 Å². The molecule has 0 spiro atoms. The number of ether oxygens (including phenoxy) is 1. The van der Waals surface area contributed by atoms with Crippen LogP contribution in [-0.4, -0.2) is 6.61 Å². The van der Waals surface area contributed by atoms with E-state index in [-0.39, 0.29) is 6.04 Å². The van der Waals surface area contributed by atoms with Gasteiger partial charge < -0.3 is 10.5 Å². The predicted molar refractivity (Wildman–Crippen MR) is 77.2 cm³/mol. The van der Waals surface area contributed by atoms with Crippen LogP contribution in [0, 0.1) is 11.6 Å². The molecule has 3 rings (SSSR count). The number of aryl methyl sites for hydroxylation is 1. The molecule has 1 aliphatic heterocycles. The average molecular weight is 289 g/mol. The molecule has 1 aliphatic rings. The fourth-order valence-electron chi connectivity index (χ4n) is 2.74. The molecule has 21 heavy (non-hydrogen) atoms. The van der Waals surface area contributed by atoms with Gasteiger partial charge in [-0.15, -0.1) is 0 Å². The summed E-state index contributed by atoms with van der Waals surface area (Å²) in [6, 6.07) is 9.10. The van der Waals surface area contributed by atoms with Crippen LogP contribution in [-0.2, 0) is 12.8 Å². The lowest BCUT2D eigenvalue weighted by atomic mass is 9.94. The first-order chi connectivity index (χ1) is 10.1. The second-order valence-corrected chi connectivity index (χ2v) is 5.33. The third kappa shape index (κ3) is 2.90. The van der Waals surface area contributed by atoms with Gasteiger partial charge in [-0.05, 0) is 36.5 Å². The topological polar surface area (TPSA) is 35.2 Å². The molecular formula is C17H17F2NO. The van der Waals surface area contributed by atoms with Crippen LogP contribution in [0.3, 0.4) is 0 Å². The Balaban J connectivity index is 1.87. The molecule has 0 saturated carbocycles. The fourth-order valence-corrected chi connectivity index (χ4v) is 2.74. The Labute approximate surface area is 122 Å². The van der Waals surface area contributed by atoms with Gasteiger partial charge in [0.1, 0.15) is 17.4 Å². The third-order valence-electron chi connectivity index (χ3n) is 3.82. The summed E-state index contributed by atoms with van der Waals surface area (Å²) in [4.78, 5) is 0. The van der Waals surface area contributed by atoms with Crippen molar-refractivity contribution in [2.75, 3.05) is 6.61 Å². The first kappa shape index (κ1) is 14.0. The summed E-state index contributed by atoms with van der Waals surface area (Å²) in [6.07, 6.45) is 2.28. The van der Waals surface area contributed by atoms with Crippen molar-refractivity contribution in [3.8, 4) is 5.75 Å². The summed E-state index contributed by atoms with van der Waals surface area (Å²) in [5, 5.41) is 0. The van der Waals surface area contributed by atoms with E-state index in [2.05, 4.69) is 0 Å². The highest BCUT2D eigenvalue weighted by molar-refractivity contribution is 5.45. The molecule has 0 fully saturated rings. The van der Waals surface area contributed by atoms with Crippen LogP contribution in [0.15, 0.2) is 36.4 Å². The molecule has 0 radical (unpaired) electrons. The molecular weight excluding hydrogens is 272 g/mol. The van der Waals surface area contributed by atoms with Gasteiger partial charge in [0.05, 0.1) is 6.61 Å². The van der Waals surface area contributed by atoms with Crippen molar-refractivity contribution in [3.63, 3.8) is 0 Å². The van der Waals surface area contributed by atoms with Gasteiger partial charge in [-0.3, -0.25) is 0 Å². The van der Waals surface area contributed by atoms with Gasteiger partial charge in [0.15, 0.2) is 0 Å². The minimum atomic E-state index is -0.578. The van der Waals surface area contributed by atoms with Gasteiger partial charge in [-0.1, -0.05) is 24.3 Å². The van der Waals surface area contributed by atoms with Crippen molar-refractivity contribution in [3.05, 3.63) is 64.7 Å². The smallest absolute Gasteiger partial charge is 0.129 e. The van der Waals surface area contributed by atoms with Crippen LogP contribution >= 0.6 is 0 Å². The first-order valence-corrected chi connectivity index (χ1v) is 7.09. The minimum Gasteiger partial charge on any atom is -0.493 e. The summed E-state index contributed by atoms with van der Waals surface area (Å²) >= 11 is 0. The highest BCUT2D eigenvalue weighted by Gasteiger charge is 2.19. The molecule has 0 amide bonds. The molecule has 0 aromatic heterocycles. The molecule has 0 saturated heterocycles. The van der Waals surface area contributed by atoms with E-state index >= 15 is 0 Å². The lowest BCUT2D eigenvalue weighted by Crippen LogP contribution is -2.18. The molecule has 1 unspecified atom stereocenters. The Morgan fingerprint density at radius 3 is 2.86 bits per heavy atom. The van der Waals surface area contributed by atoms with Crippen molar-refractivity contribution < 1.29 is 13.5 Å². The van der Waals surface area contributed by atoms with E-state index < -0.39 is 11.6 Å². The van der Waals surface area contributed by atoms with Crippen molar-refractivity contribution in [1.82, 2.24) is 0 Å². The van der Waals surface area contributed by atoms with Crippen LogP contribution in [0.4, 0.5) is 8.78 Å². The molecule has 110 valence electrons. The molecule has 4 heteroatoms. The van der Waals surface area contributed by atoms with Crippen molar-refractivity contribution in [2.24, 2.45) is 5.73 Å². The third-order valence-corrected chi connectivity index (χ3v) is 3.82. The fraction of sp³-hybridized carbons (Fsp3) is 0.294. The number of hydrogen-bond acceptors (Lipinski definition) is 2. The quantitative estimate of drug-likeness (QED) is 0.938. The maximum atomic E-state index is 13.7. The zero-order valence-corrected chi connectivity index (χ0v) is 11.6. The number of halogens is 2. The standard InChI is InChI=1S/C17H17F2NO/c18-13-7-6-12(15(19)10-13)9-16(20)14-5-1-3-11-4-2-8-21-17(11)14/h1,3,5-7,10,16H,2,4,8-9,20H2. The van der Waals surface area contributed by atoms with E-state index in [4.69, 9.17) is 10.5 Å². The molecule has 1 atom stereocenters. The van der Waals surface area contributed by atoms with Crippen LogP contribution in [0.1, 0.15) is 29.2 Å². The van der Waals surface area contributed by atoms with E-state index in [0.29, 0.717) is 18.6 Å². The normalized spacial score (nSPS) is 15.2. The molecule has 2 N–H and O–H groups in total. The van der Waals surface area contributed by atoms with Gasteiger partial charge >= 0.3 is 0 Å². The number of para-hydroxylation sites is 1. The Morgan fingerprint density at radius 1 is 1.19 bits per heavy atom. The van der Waals surface area contributed by atoms with Gasteiger partial charge in [0, 0.05) is 17.7 Å². The SMILES string of the molecule is NC(Cc1ccc(F)cc1F)c1cccc2c1OCCC2. The second-order valence-electron chi connectivity index (χ2n) is 5.33. The number of hydrogen-bond donors (Lipinski definition) is 1. The Hall–Kier alpha value is -1.94. The largest absolute Gasteiger partial charge is 0.493 e. The average Bonchev–Trinajstić information content (AvgIpc) is 2.49. The zero-order valence-electron chi connectivity index (χ0n) is 11.6. The predicted octanol–water partition coefficient (Wildman–Crippen LogP) is 3.53. The molecule has 0 aliphatic carbocycles. The van der Waals surface area contributed by atoms with Crippen molar-refractivity contribution >= 4 is 0 Å². The summed E-state index contributed by atoms with van der Waals surface area (Å²) < 4.78 is 32.4. The monoisotopic (exact) mass is 289 g/mol. The Kier molecular flexibility index (Phi) is 3.88. The van der Waals surface area contributed by atoms with Gasteiger partial charge in [0.2, 0.25) is 0 Å². The van der Waals surface area contributed by atoms with Crippen LogP contribution in [0.5, 0.6) is 5.75 Å². The lowest BCUT2D eigenvalue weighted by Gasteiger charge is -2.23. The van der Waals surface area contributed by atoms with Gasteiger partial charge in [-0.2, -0.15) is 0 Å². The number of fused-ring (bicyclic) bond motifs is 1. The van der Waals surface area contributed by atoms with Crippen LogP contribution in [0.25, 0.3) is 0 Å². The molecule has 0 bridgehead atoms. The molecule has 2 aromatic carbocycles. The number of nitrogens with two attached hydrogens (primary N) is 1. The summed E-state index contributed by atoms with van der Waals surface area (Å²) in [7, 11) is 0. The van der Waals surface area contributed by atoms with E-state index in [0.717, 1.165) is 35.8 Å².